The third-order valence-corrected chi connectivity index (χ3v) is 9.66. The van der Waals surface area contributed by atoms with Crippen molar-refractivity contribution in [2.24, 2.45) is 12.5 Å². The second-order valence-electron chi connectivity index (χ2n) is 11.9. The minimum Gasteiger partial charge on any atom is -0.200 e. The van der Waals surface area contributed by atoms with Crippen LogP contribution < -0.4 is 4.57 Å². The van der Waals surface area contributed by atoms with Gasteiger partial charge in [0, 0.05) is 11.5 Å². The minimum absolute atomic E-state index is 0.694. The van der Waals surface area contributed by atoms with Crippen LogP contribution >= 0.6 is 0 Å². The Balaban J connectivity index is 1.39. The van der Waals surface area contributed by atoms with Crippen molar-refractivity contribution < 1.29 is 4.57 Å². The second-order valence-corrected chi connectivity index (χ2v) is 11.9. The Bertz CT molecular complexity index is 1410. The molecule has 0 bridgehead atoms. The fourth-order valence-electron chi connectivity index (χ4n) is 7.45. The van der Waals surface area contributed by atoms with Crippen LogP contribution in [0.1, 0.15) is 86.0 Å². The molecule has 180 valence electrons. The van der Waals surface area contributed by atoms with Gasteiger partial charge in [0.2, 0.25) is 5.69 Å². The molecule has 0 atom stereocenters. The molecule has 1 nitrogen and oxygen atoms in total. The van der Waals surface area contributed by atoms with Crippen molar-refractivity contribution >= 4 is 21.5 Å². The molecule has 1 aromatic heterocycles. The summed E-state index contributed by atoms with van der Waals surface area (Å²) in [6.45, 7) is 6.70. The van der Waals surface area contributed by atoms with Crippen molar-refractivity contribution in [3.05, 3.63) is 77.0 Å². The number of aromatic nitrogens is 1. The molecule has 1 spiro atoms. The third kappa shape index (κ3) is 3.98. The lowest BCUT2D eigenvalue weighted by Gasteiger charge is -2.43. The number of hydrogen-bond donors (Lipinski definition) is 0. The third-order valence-electron chi connectivity index (χ3n) is 9.66. The molecule has 0 N–H and O–H groups in total. The fourth-order valence-corrected chi connectivity index (χ4v) is 7.45. The van der Waals surface area contributed by atoms with E-state index in [4.69, 9.17) is 0 Å². The Morgan fingerprint density at radius 2 is 1.49 bits per heavy atom. The van der Waals surface area contributed by atoms with Crippen LogP contribution in [0, 0.1) is 26.2 Å². The van der Waals surface area contributed by atoms with E-state index in [0.29, 0.717) is 5.41 Å². The lowest BCUT2D eigenvalue weighted by molar-refractivity contribution is -0.659. The van der Waals surface area contributed by atoms with E-state index in [0.717, 1.165) is 5.92 Å². The van der Waals surface area contributed by atoms with Crippen molar-refractivity contribution in [3.63, 3.8) is 0 Å². The van der Waals surface area contributed by atoms with E-state index in [-0.39, 0.29) is 0 Å². The lowest BCUT2D eigenvalue weighted by Crippen LogP contribution is -2.30. The highest BCUT2D eigenvalue weighted by Gasteiger charge is 2.36. The Morgan fingerprint density at radius 1 is 0.743 bits per heavy atom. The average molecular weight is 463 g/mol. The topological polar surface area (TPSA) is 3.88 Å². The maximum absolute atomic E-state index is 2.51. The van der Waals surface area contributed by atoms with Gasteiger partial charge in [-0.2, -0.15) is 0 Å². The van der Waals surface area contributed by atoms with Crippen LogP contribution in [-0.4, -0.2) is 0 Å². The Kier molecular flexibility index (Phi) is 5.71. The summed E-state index contributed by atoms with van der Waals surface area (Å²) in [6.07, 6.45) is 15.3. The molecule has 35 heavy (non-hydrogen) atoms. The lowest BCUT2D eigenvalue weighted by atomic mass is 9.62. The Labute approximate surface area is 211 Å². The molecule has 1 heterocycles. The number of fused-ring (bicyclic) bond motifs is 3. The first-order valence-electron chi connectivity index (χ1n) is 13.9. The van der Waals surface area contributed by atoms with Gasteiger partial charge in [-0.3, -0.25) is 0 Å². The molecule has 0 radical (unpaired) electrons. The first-order chi connectivity index (χ1) is 16.9. The van der Waals surface area contributed by atoms with Crippen molar-refractivity contribution in [1.29, 1.82) is 0 Å². The van der Waals surface area contributed by atoms with Crippen LogP contribution in [0.3, 0.4) is 0 Å². The average Bonchev–Trinajstić information content (AvgIpc) is 2.87. The minimum atomic E-state index is 0.694. The van der Waals surface area contributed by atoms with Crippen LogP contribution in [0.5, 0.6) is 0 Å². The zero-order chi connectivity index (χ0) is 24.2. The first kappa shape index (κ1) is 22.8. The van der Waals surface area contributed by atoms with E-state index in [1.807, 2.05) is 0 Å². The summed E-state index contributed by atoms with van der Waals surface area (Å²) >= 11 is 0. The zero-order valence-electron chi connectivity index (χ0n) is 22.1. The second kappa shape index (κ2) is 8.77. The summed E-state index contributed by atoms with van der Waals surface area (Å²) < 4.78 is 2.30. The molecule has 3 aromatic carbocycles. The highest BCUT2D eigenvalue weighted by molar-refractivity contribution is 6.10. The van der Waals surface area contributed by atoms with Gasteiger partial charge in [0.05, 0.1) is 10.9 Å². The summed E-state index contributed by atoms with van der Waals surface area (Å²) in [7, 11) is 2.18. The van der Waals surface area contributed by atoms with E-state index < -0.39 is 0 Å². The standard InChI is InChI=1S/C34H40N/c1-23-20-24(2)25(3)32(21-23)33-31-11-9-28-22-27(8-10-29(28)30(31)14-19-35(33)4)26-12-17-34(18-13-26)15-6-5-7-16-34/h8-11,14,19-22,26H,5-7,12-13,15-18H2,1-4H3/q+1. The molecule has 2 aliphatic carbocycles. The van der Waals surface area contributed by atoms with E-state index >= 15 is 0 Å². The van der Waals surface area contributed by atoms with Crippen molar-refractivity contribution in [2.75, 3.05) is 0 Å². The predicted octanol–water partition coefficient (Wildman–Crippen LogP) is 9.02. The molecule has 0 amide bonds. The molecule has 2 saturated carbocycles. The maximum Gasteiger partial charge on any atom is 0.220 e. The van der Waals surface area contributed by atoms with Crippen molar-refractivity contribution in [2.45, 2.75) is 84.5 Å². The van der Waals surface area contributed by atoms with E-state index in [2.05, 4.69) is 87.1 Å². The van der Waals surface area contributed by atoms with Gasteiger partial charge in [-0.25, -0.2) is 4.57 Å². The zero-order valence-corrected chi connectivity index (χ0v) is 22.1. The molecule has 0 aliphatic heterocycles. The summed E-state index contributed by atoms with van der Waals surface area (Å²) in [6, 6.07) is 19.1. The number of rotatable bonds is 2. The number of aryl methyl sites for hydroxylation is 3. The largest absolute Gasteiger partial charge is 0.220 e. The van der Waals surface area contributed by atoms with Gasteiger partial charge in [0.1, 0.15) is 7.05 Å². The van der Waals surface area contributed by atoms with Crippen LogP contribution in [-0.2, 0) is 7.05 Å². The van der Waals surface area contributed by atoms with Crippen LogP contribution in [0.15, 0.2) is 54.7 Å². The summed E-state index contributed by atoms with van der Waals surface area (Å²) in [4.78, 5) is 0. The number of benzene rings is 3. The van der Waals surface area contributed by atoms with Crippen LogP contribution in [0.25, 0.3) is 32.8 Å². The fraction of sp³-hybridized carbons (Fsp3) is 0.441. The Morgan fingerprint density at radius 3 is 2.26 bits per heavy atom. The molecule has 6 rings (SSSR count). The van der Waals surface area contributed by atoms with Gasteiger partial charge in [-0.1, -0.05) is 55.2 Å². The molecule has 2 fully saturated rings. The van der Waals surface area contributed by atoms with Gasteiger partial charge < -0.3 is 0 Å². The van der Waals surface area contributed by atoms with E-state index in [9.17, 15) is 0 Å². The monoisotopic (exact) mass is 462 g/mol. The summed E-state index contributed by atoms with van der Waals surface area (Å²) in [5.74, 6) is 0.740. The number of nitrogens with zero attached hydrogens (tertiary/aromatic N) is 1. The van der Waals surface area contributed by atoms with Crippen molar-refractivity contribution in [1.82, 2.24) is 0 Å². The normalized spacial score (nSPS) is 18.5. The highest BCUT2D eigenvalue weighted by atomic mass is 14.9. The molecular formula is C34H40N+. The molecular weight excluding hydrogens is 422 g/mol. The van der Waals surface area contributed by atoms with Gasteiger partial charge in [-0.05, 0) is 110 Å². The molecule has 4 aromatic rings. The van der Waals surface area contributed by atoms with Gasteiger partial charge in [0.25, 0.3) is 0 Å². The molecule has 0 unspecified atom stereocenters. The predicted molar refractivity (Wildman–Crippen MR) is 149 cm³/mol. The number of pyridine rings is 1. The van der Waals surface area contributed by atoms with Gasteiger partial charge in [0.15, 0.2) is 6.20 Å². The summed E-state index contributed by atoms with van der Waals surface area (Å²) in [5, 5.41) is 5.49. The summed E-state index contributed by atoms with van der Waals surface area (Å²) in [5.41, 5.74) is 9.00. The Hall–Kier alpha value is -2.67. The van der Waals surface area contributed by atoms with E-state index in [1.54, 1.807) is 5.56 Å². The quantitative estimate of drug-likeness (QED) is 0.207. The maximum atomic E-state index is 2.51. The van der Waals surface area contributed by atoms with Crippen LogP contribution in [0.2, 0.25) is 0 Å². The van der Waals surface area contributed by atoms with Crippen molar-refractivity contribution in [3.8, 4) is 11.3 Å². The SMILES string of the molecule is Cc1cc(C)c(C)c(-c2c3ccc4cc(C5CCC6(CCCCC6)CC5)ccc4c3cc[n+]2C)c1. The first-order valence-corrected chi connectivity index (χ1v) is 13.9. The van der Waals surface area contributed by atoms with Gasteiger partial charge in [-0.15, -0.1) is 0 Å². The van der Waals surface area contributed by atoms with Crippen LogP contribution in [0.4, 0.5) is 0 Å². The number of hydrogen-bond acceptors (Lipinski definition) is 0. The highest BCUT2D eigenvalue weighted by Crippen LogP contribution is 2.51. The van der Waals surface area contributed by atoms with Gasteiger partial charge >= 0.3 is 0 Å². The molecule has 1 heteroatoms. The van der Waals surface area contributed by atoms with E-state index in [1.165, 1.54) is 107 Å². The smallest absolute Gasteiger partial charge is 0.200 e. The molecule has 2 aliphatic rings. The molecule has 0 saturated heterocycles.